The van der Waals surface area contributed by atoms with E-state index in [0.717, 1.165) is 61.5 Å². The Bertz CT molecular complexity index is 817. The van der Waals surface area contributed by atoms with Crippen molar-refractivity contribution in [2.45, 2.75) is 39.3 Å². The molecule has 2 aromatic rings. The van der Waals surface area contributed by atoms with Gasteiger partial charge < -0.3 is 20.4 Å². The molecule has 3 heterocycles. The molecule has 0 amide bonds. The fourth-order valence-electron chi connectivity index (χ4n) is 3.44. The number of nitrogens with one attached hydrogen (secondary N) is 2. The summed E-state index contributed by atoms with van der Waals surface area (Å²) in [5, 5.41) is 6.96. The van der Waals surface area contributed by atoms with Crippen LogP contribution in [0.15, 0.2) is 41.4 Å². The average Bonchev–Trinajstić information content (AvgIpc) is 2.73. The Morgan fingerprint density at radius 3 is 2.53 bits per heavy atom. The first-order chi connectivity index (χ1) is 14.0. The van der Waals surface area contributed by atoms with Gasteiger partial charge in [-0.05, 0) is 51.0 Å². The van der Waals surface area contributed by atoms with Crippen LogP contribution < -0.4 is 20.4 Å². The van der Waals surface area contributed by atoms with Crippen molar-refractivity contribution in [1.29, 1.82) is 0 Å². The second-order valence-electron chi connectivity index (χ2n) is 7.62. The predicted molar refractivity (Wildman–Crippen MR) is 136 cm³/mol. The molecule has 3 rings (SSSR count). The molecule has 8 heteroatoms. The second-order valence-corrected chi connectivity index (χ2v) is 7.62. The van der Waals surface area contributed by atoms with Crippen LogP contribution in [0.2, 0.25) is 0 Å². The highest BCUT2D eigenvalue weighted by atomic mass is 127. The molecule has 164 valence electrons. The molecule has 1 aliphatic rings. The highest BCUT2D eigenvalue weighted by Gasteiger charge is 2.21. The van der Waals surface area contributed by atoms with Crippen molar-refractivity contribution in [2.24, 2.45) is 4.99 Å². The van der Waals surface area contributed by atoms with Gasteiger partial charge in [0.2, 0.25) is 0 Å². The van der Waals surface area contributed by atoms with E-state index in [2.05, 4.69) is 44.6 Å². The van der Waals surface area contributed by atoms with Crippen LogP contribution in [-0.4, -0.2) is 55.7 Å². The molecule has 30 heavy (non-hydrogen) atoms. The van der Waals surface area contributed by atoms with Crippen molar-refractivity contribution in [2.75, 3.05) is 43.5 Å². The Kier molecular flexibility index (Phi) is 9.61. The van der Waals surface area contributed by atoms with Crippen LogP contribution in [0.1, 0.15) is 31.2 Å². The molecule has 0 atom stereocenters. The smallest absolute Gasteiger partial charge is 0.191 e. The summed E-state index contributed by atoms with van der Waals surface area (Å²) < 4.78 is 0. The first kappa shape index (κ1) is 24.2. The number of hydrogen-bond donors (Lipinski definition) is 2. The number of guanidine groups is 1. The monoisotopic (exact) mass is 523 g/mol. The van der Waals surface area contributed by atoms with Gasteiger partial charge in [0.25, 0.3) is 0 Å². The number of rotatable bonds is 6. The number of halogens is 1. The summed E-state index contributed by atoms with van der Waals surface area (Å²) in [5.74, 6) is 2.89. The van der Waals surface area contributed by atoms with E-state index in [1.54, 1.807) is 0 Å². The summed E-state index contributed by atoms with van der Waals surface area (Å²) in [6.45, 7) is 7.53. The first-order valence-electron chi connectivity index (χ1n) is 10.4. The van der Waals surface area contributed by atoms with Crippen LogP contribution in [0.4, 0.5) is 11.6 Å². The number of anilines is 2. The van der Waals surface area contributed by atoms with Gasteiger partial charge in [-0.1, -0.05) is 12.1 Å². The zero-order valence-electron chi connectivity index (χ0n) is 18.4. The summed E-state index contributed by atoms with van der Waals surface area (Å²) in [6, 6.07) is 12.7. The number of hydrogen-bond acceptors (Lipinski definition) is 5. The molecular formula is C22H34IN7. The number of aryl methyl sites for hydroxylation is 1. The highest BCUT2D eigenvalue weighted by molar-refractivity contribution is 14.0. The fourth-order valence-corrected chi connectivity index (χ4v) is 3.44. The van der Waals surface area contributed by atoms with E-state index >= 15 is 0 Å². The lowest BCUT2D eigenvalue weighted by molar-refractivity contribution is 0.459. The molecule has 2 aromatic heterocycles. The Balaban J connectivity index is 0.00000320. The van der Waals surface area contributed by atoms with Gasteiger partial charge in [-0.3, -0.25) is 0 Å². The third kappa shape index (κ3) is 7.00. The van der Waals surface area contributed by atoms with E-state index in [1.165, 1.54) is 0 Å². The molecule has 0 saturated carbocycles. The summed E-state index contributed by atoms with van der Waals surface area (Å²) >= 11 is 0. The van der Waals surface area contributed by atoms with E-state index < -0.39 is 0 Å². The lowest BCUT2D eigenvalue weighted by Gasteiger charge is -2.34. The molecule has 0 spiro atoms. The molecule has 1 fully saturated rings. The van der Waals surface area contributed by atoms with Crippen molar-refractivity contribution < 1.29 is 0 Å². The molecule has 0 radical (unpaired) electrons. The Morgan fingerprint density at radius 1 is 1.13 bits per heavy atom. The van der Waals surface area contributed by atoms with Crippen molar-refractivity contribution in [3.05, 3.63) is 47.8 Å². The maximum atomic E-state index is 4.75. The number of nitrogens with zero attached hydrogens (tertiary/aromatic N) is 5. The second kappa shape index (κ2) is 11.9. The molecule has 0 unspecified atom stereocenters. The minimum atomic E-state index is 0. The van der Waals surface area contributed by atoms with Gasteiger partial charge in [0.05, 0.1) is 12.2 Å². The molecule has 1 aliphatic heterocycles. The quantitative estimate of drug-likeness (QED) is 0.345. The Morgan fingerprint density at radius 2 is 1.87 bits per heavy atom. The normalized spacial score (nSPS) is 14.8. The van der Waals surface area contributed by atoms with E-state index in [4.69, 9.17) is 4.99 Å². The predicted octanol–water partition coefficient (Wildman–Crippen LogP) is 3.19. The van der Waals surface area contributed by atoms with Gasteiger partial charge in [0.1, 0.15) is 11.6 Å². The SMILES string of the molecule is CCNC(=NCc1cccc(N(C)C)n1)NC1CCN(c2cccc(C)n2)CC1.I. The zero-order valence-corrected chi connectivity index (χ0v) is 20.8. The zero-order chi connectivity index (χ0) is 20.6. The van der Waals surface area contributed by atoms with Crippen LogP contribution in [0.5, 0.6) is 0 Å². The van der Waals surface area contributed by atoms with Gasteiger partial charge >= 0.3 is 0 Å². The van der Waals surface area contributed by atoms with Crippen molar-refractivity contribution >= 4 is 41.6 Å². The lowest BCUT2D eigenvalue weighted by atomic mass is 10.1. The van der Waals surface area contributed by atoms with Crippen LogP contribution in [-0.2, 0) is 6.54 Å². The number of aliphatic imine (C=N–C) groups is 1. The lowest BCUT2D eigenvalue weighted by Crippen LogP contribution is -2.48. The summed E-state index contributed by atoms with van der Waals surface area (Å²) in [7, 11) is 4.00. The molecule has 7 nitrogen and oxygen atoms in total. The topological polar surface area (TPSA) is 68.7 Å². The minimum Gasteiger partial charge on any atom is -0.363 e. The van der Waals surface area contributed by atoms with Gasteiger partial charge in [0.15, 0.2) is 5.96 Å². The van der Waals surface area contributed by atoms with Gasteiger partial charge in [-0.2, -0.15) is 0 Å². The third-order valence-electron chi connectivity index (χ3n) is 5.03. The standard InChI is InChI=1S/C22H33N7.HI/c1-5-23-22(24-16-19-9-7-10-20(26-19)28(3)4)27-18-12-14-29(15-13-18)21-11-6-8-17(2)25-21;/h6-11,18H,5,12-16H2,1-4H3,(H2,23,24,27);1H. The number of piperidine rings is 1. The van der Waals surface area contributed by atoms with Gasteiger partial charge in [-0.25, -0.2) is 15.0 Å². The summed E-state index contributed by atoms with van der Waals surface area (Å²) in [4.78, 5) is 18.4. The Labute approximate surface area is 197 Å². The minimum absolute atomic E-state index is 0. The first-order valence-corrected chi connectivity index (χ1v) is 10.4. The van der Waals surface area contributed by atoms with Gasteiger partial charge in [0, 0.05) is 45.5 Å². The molecule has 2 N–H and O–H groups in total. The molecule has 0 aromatic carbocycles. The number of aromatic nitrogens is 2. The van der Waals surface area contributed by atoms with E-state index in [1.807, 2.05) is 50.2 Å². The van der Waals surface area contributed by atoms with E-state index in [9.17, 15) is 0 Å². The van der Waals surface area contributed by atoms with E-state index in [0.29, 0.717) is 12.6 Å². The maximum absolute atomic E-state index is 4.75. The van der Waals surface area contributed by atoms with Crippen molar-refractivity contribution in [1.82, 2.24) is 20.6 Å². The molecule has 0 bridgehead atoms. The largest absolute Gasteiger partial charge is 0.363 e. The van der Waals surface area contributed by atoms with Crippen molar-refractivity contribution in [3.8, 4) is 0 Å². The summed E-state index contributed by atoms with van der Waals surface area (Å²) in [6.07, 6.45) is 2.13. The molecule has 1 saturated heterocycles. The Hall–Kier alpha value is -2.10. The summed E-state index contributed by atoms with van der Waals surface area (Å²) in [5.41, 5.74) is 2.03. The highest BCUT2D eigenvalue weighted by Crippen LogP contribution is 2.18. The average molecular weight is 523 g/mol. The molecule has 0 aliphatic carbocycles. The fraction of sp³-hybridized carbons (Fsp3) is 0.500. The van der Waals surface area contributed by atoms with Crippen LogP contribution in [0.3, 0.4) is 0 Å². The maximum Gasteiger partial charge on any atom is 0.191 e. The van der Waals surface area contributed by atoms with Crippen LogP contribution in [0, 0.1) is 6.92 Å². The van der Waals surface area contributed by atoms with Crippen LogP contribution >= 0.6 is 24.0 Å². The number of pyridine rings is 2. The third-order valence-corrected chi connectivity index (χ3v) is 5.03. The van der Waals surface area contributed by atoms with Gasteiger partial charge in [-0.15, -0.1) is 24.0 Å². The van der Waals surface area contributed by atoms with Crippen LogP contribution in [0.25, 0.3) is 0 Å². The van der Waals surface area contributed by atoms with E-state index in [-0.39, 0.29) is 24.0 Å². The molecular weight excluding hydrogens is 489 g/mol. The van der Waals surface area contributed by atoms with Crippen molar-refractivity contribution in [3.63, 3.8) is 0 Å².